The van der Waals surface area contributed by atoms with Crippen LogP contribution in [0.15, 0.2) is 57.7 Å². The highest BCUT2D eigenvalue weighted by Gasteiger charge is 2.29. The molecule has 5 atom stereocenters. The molecule has 0 aromatic heterocycles. The number of fused-ring (bicyclic) bond motifs is 16. The quantitative estimate of drug-likeness (QED) is 0.0851. The van der Waals surface area contributed by atoms with Crippen molar-refractivity contribution in [2.75, 3.05) is 6.54 Å². The number of azo groups is 1. The molecule has 0 spiro atoms. The molecule has 2 aliphatic rings. The van der Waals surface area contributed by atoms with E-state index in [1.807, 2.05) is 0 Å². The maximum atomic E-state index is 13.2. The van der Waals surface area contributed by atoms with Gasteiger partial charge in [0.05, 0.1) is 11.7 Å². The van der Waals surface area contributed by atoms with Gasteiger partial charge in [0.1, 0.15) is 35.6 Å². The minimum Gasteiger partial charge on any atom is -0.506 e. The van der Waals surface area contributed by atoms with E-state index in [9.17, 15) is 34.2 Å². The van der Waals surface area contributed by atoms with Crippen LogP contribution >= 0.6 is 0 Å². The van der Waals surface area contributed by atoms with Crippen LogP contribution in [0, 0.1) is 0 Å². The lowest BCUT2D eigenvalue weighted by Crippen LogP contribution is -2.57. The number of guanidine groups is 1. The number of hydrogen-bond donors (Lipinski definition) is 9. The minimum atomic E-state index is -1.40. The Hall–Kier alpha value is -5.58. The van der Waals surface area contributed by atoms with E-state index in [4.69, 9.17) is 17.2 Å². The van der Waals surface area contributed by atoms with E-state index in [0.717, 1.165) is 0 Å². The van der Waals surface area contributed by atoms with Crippen molar-refractivity contribution in [2.24, 2.45) is 32.4 Å². The summed E-state index contributed by atoms with van der Waals surface area (Å²) < 4.78 is 0. The number of nitrogens with one attached hydrogen (secondary N) is 4. The third-order valence-electron chi connectivity index (χ3n) is 7.18. The number of nitrogens with zero attached hydrogens (tertiary/aromatic N) is 3. The smallest absolute Gasteiger partial charge is 0.326 e. The van der Waals surface area contributed by atoms with E-state index in [-0.39, 0.29) is 49.6 Å². The highest BCUT2D eigenvalue weighted by molar-refractivity contribution is 5.95. The van der Waals surface area contributed by atoms with Crippen molar-refractivity contribution in [3.05, 3.63) is 53.6 Å². The van der Waals surface area contributed by atoms with Crippen LogP contribution in [-0.2, 0) is 36.8 Å². The fourth-order valence-electron chi connectivity index (χ4n) is 4.50. The predicted molar refractivity (Wildman–Crippen MR) is 171 cm³/mol. The molecule has 12 N–H and O–H groups in total. The van der Waals surface area contributed by atoms with Gasteiger partial charge in [0.15, 0.2) is 5.96 Å². The van der Waals surface area contributed by atoms with Gasteiger partial charge in [-0.3, -0.25) is 24.2 Å². The number of phenolic OH excluding ortho intramolecular Hbond substituents is 1. The lowest BCUT2D eigenvalue weighted by atomic mass is 10.0. The van der Waals surface area contributed by atoms with Crippen molar-refractivity contribution in [3.63, 3.8) is 0 Å². The average Bonchev–Trinajstić information content (AvgIpc) is 3.01. The zero-order chi connectivity index (χ0) is 34.7. The second-order valence-electron chi connectivity index (χ2n) is 11.1. The monoisotopic (exact) mass is 652 g/mol. The van der Waals surface area contributed by atoms with E-state index in [2.05, 4.69) is 36.5 Å². The maximum Gasteiger partial charge on any atom is 0.326 e. The Morgan fingerprint density at radius 2 is 1.47 bits per heavy atom. The first kappa shape index (κ1) is 35.9. The van der Waals surface area contributed by atoms with Crippen LogP contribution in [0.2, 0.25) is 0 Å². The normalized spacial score (nSPS) is 23.0. The number of hydrogen-bond acceptors (Lipinski definition) is 10. The van der Waals surface area contributed by atoms with Crippen LogP contribution in [0.5, 0.6) is 5.75 Å². The summed E-state index contributed by atoms with van der Waals surface area (Å²) in [5.74, 6) is -4.52. The summed E-state index contributed by atoms with van der Waals surface area (Å²) >= 11 is 0. The van der Waals surface area contributed by atoms with Crippen molar-refractivity contribution in [2.45, 2.75) is 69.7 Å². The van der Waals surface area contributed by atoms with Gasteiger partial charge in [-0.15, -0.1) is 5.11 Å². The van der Waals surface area contributed by atoms with Gasteiger partial charge >= 0.3 is 5.97 Å². The number of carbonyl (C=O) groups is 5. The zero-order valence-corrected chi connectivity index (χ0v) is 26.0. The second-order valence-corrected chi connectivity index (χ2v) is 11.1. The second kappa shape index (κ2) is 16.6. The first-order valence-corrected chi connectivity index (χ1v) is 14.8. The molecule has 0 radical (unpaired) electrons. The number of aliphatic carboxylic acids is 1. The maximum absolute atomic E-state index is 13.2. The summed E-state index contributed by atoms with van der Waals surface area (Å²) in [7, 11) is 0. The summed E-state index contributed by atoms with van der Waals surface area (Å²) in [6.45, 7) is 2.93. The van der Waals surface area contributed by atoms with Gasteiger partial charge < -0.3 is 48.7 Å². The summed E-state index contributed by atoms with van der Waals surface area (Å²) in [6.07, 6.45) is 0.307. The number of phenols is 1. The zero-order valence-electron chi connectivity index (χ0n) is 26.0. The number of rotatable bonds is 5. The minimum absolute atomic E-state index is 0.0666. The van der Waals surface area contributed by atoms with E-state index in [1.165, 1.54) is 32.0 Å². The van der Waals surface area contributed by atoms with Crippen molar-refractivity contribution >= 4 is 46.9 Å². The van der Waals surface area contributed by atoms with Crippen molar-refractivity contribution < 1.29 is 34.2 Å². The molecule has 0 aliphatic carbocycles. The third kappa shape index (κ3) is 11.1. The van der Waals surface area contributed by atoms with Crippen molar-refractivity contribution in [3.8, 4) is 5.75 Å². The fourth-order valence-corrected chi connectivity index (χ4v) is 4.50. The van der Waals surface area contributed by atoms with E-state index in [0.29, 0.717) is 16.8 Å². The fraction of sp³-hybridized carbons (Fsp3) is 0.400. The molecular formula is C30H40N10O7. The molecular weight excluding hydrogens is 612 g/mol. The number of aromatic hydroxyl groups is 1. The van der Waals surface area contributed by atoms with Gasteiger partial charge in [0.25, 0.3) is 0 Å². The predicted octanol–water partition coefficient (Wildman–Crippen LogP) is -0.649. The Labute approximate surface area is 270 Å². The molecule has 47 heavy (non-hydrogen) atoms. The standard InChI is InChI=1S/C30H40N10O7/c1-15-25(42)37-21(4-3-11-34-30(32)33)28(45)36-16(2)26(43)38-23(29(46)47)14-18-7-10-24(41)22(13-18)40-39-19-8-5-17(6-9-19)12-20(31)27(44)35-15/h5-10,13,15-16,20-21,23,41H,3-4,11-12,14,31H2,1-2H3,(H,35,44)(H,36,45)(H,37,42)(H,38,43)(H,46,47)(H4,32,33,34). The van der Waals surface area contributed by atoms with E-state index >= 15 is 0 Å². The summed E-state index contributed by atoms with van der Waals surface area (Å²) in [5.41, 5.74) is 18.5. The third-order valence-corrected chi connectivity index (χ3v) is 7.18. The van der Waals surface area contributed by atoms with Crippen LogP contribution < -0.4 is 38.5 Å². The Kier molecular flexibility index (Phi) is 12.7. The number of carboxylic acids is 1. The number of amides is 4. The molecule has 252 valence electrons. The van der Waals surface area contributed by atoms with E-state index < -0.39 is 59.8 Å². The van der Waals surface area contributed by atoms with Crippen LogP contribution in [-0.4, -0.2) is 82.5 Å². The van der Waals surface area contributed by atoms with Crippen LogP contribution in [0.4, 0.5) is 11.4 Å². The first-order valence-electron chi connectivity index (χ1n) is 14.8. The molecule has 4 amide bonds. The molecule has 17 heteroatoms. The Balaban J connectivity index is 1.92. The number of benzene rings is 2. The summed E-state index contributed by atoms with van der Waals surface area (Å²) in [4.78, 5) is 68.0. The number of carbonyl (C=O) groups excluding carboxylic acids is 4. The molecule has 2 aliphatic heterocycles. The Bertz CT molecular complexity index is 1530. The SMILES string of the molecule is CC1NC(=O)C(N)Cc2ccc(cc2)N=Nc2cc(ccc2O)CC(C(=O)O)NC(=O)C(C)NC(=O)C(CCCN=C(N)N)NC1=O. The number of nitrogens with two attached hydrogens (primary N) is 3. The molecule has 4 bridgehead atoms. The van der Waals surface area contributed by atoms with Crippen LogP contribution in [0.1, 0.15) is 37.8 Å². The van der Waals surface area contributed by atoms with Gasteiger partial charge in [-0.2, -0.15) is 5.11 Å². The molecule has 4 rings (SSSR count). The van der Waals surface area contributed by atoms with Crippen LogP contribution in [0.3, 0.4) is 0 Å². The van der Waals surface area contributed by atoms with Gasteiger partial charge in [-0.25, -0.2) is 4.79 Å². The summed E-state index contributed by atoms with van der Waals surface area (Å²) in [5, 5.41) is 38.3. The topological polar surface area (TPSA) is 289 Å². The molecule has 2 aromatic carbocycles. The molecule has 5 unspecified atom stereocenters. The van der Waals surface area contributed by atoms with E-state index in [1.54, 1.807) is 24.3 Å². The first-order chi connectivity index (χ1) is 22.2. The highest BCUT2D eigenvalue weighted by Crippen LogP contribution is 2.30. The summed E-state index contributed by atoms with van der Waals surface area (Å²) in [6, 6.07) is 5.04. The molecule has 17 nitrogen and oxygen atoms in total. The van der Waals surface area contributed by atoms with Gasteiger partial charge in [-0.1, -0.05) is 18.2 Å². The highest BCUT2D eigenvalue weighted by atomic mass is 16.4. The molecule has 2 heterocycles. The molecule has 0 fully saturated rings. The molecule has 0 saturated heterocycles. The largest absolute Gasteiger partial charge is 0.506 e. The lowest BCUT2D eigenvalue weighted by Gasteiger charge is -2.24. The van der Waals surface area contributed by atoms with Gasteiger partial charge in [0.2, 0.25) is 23.6 Å². The Morgan fingerprint density at radius 3 is 2.11 bits per heavy atom. The Morgan fingerprint density at radius 1 is 0.851 bits per heavy atom. The average molecular weight is 653 g/mol. The van der Waals surface area contributed by atoms with Gasteiger partial charge in [-0.05, 0) is 68.5 Å². The molecule has 0 saturated carbocycles. The number of carboxylic acid groups (broad SMARTS) is 1. The van der Waals surface area contributed by atoms with Crippen molar-refractivity contribution in [1.82, 2.24) is 21.3 Å². The van der Waals surface area contributed by atoms with Crippen LogP contribution in [0.25, 0.3) is 0 Å². The molecule has 2 aromatic rings. The number of aliphatic imine (C=N–C) groups is 1. The lowest BCUT2D eigenvalue weighted by molar-refractivity contribution is -0.142. The van der Waals surface area contributed by atoms with Crippen molar-refractivity contribution in [1.29, 1.82) is 0 Å². The van der Waals surface area contributed by atoms with Gasteiger partial charge in [0, 0.05) is 13.0 Å².